The quantitative estimate of drug-likeness (QED) is 0.180. The predicted molar refractivity (Wildman–Crippen MR) is 205 cm³/mol. The van der Waals surface area contributed by atoms with Crippen molar-refractivity contribution in [2.45, 2.75) is 0 Å². The summed E-state index contributed by atoms with van der Waals surface area (Å²) in [7, 11) is 0. The summed E-state index contributed by atoms with van der Waals surface area (Å²) < 4.78 is 0. The van der Waals surface area contributed by atoms with Crippen LogP contribution in [0, 0.1) is 0 Å². The van der Waals surface area contributed by atoms with Crippen LogP contribution in [-0.4, -0.2) is 24.9 Å². The SMILES string of the molecule is c1ccc(-c2ccc3ccc4ccc(-c5cc(-c6nc(-c7cccc8cccnc78)nc7ccccc67)c6ccccc6c5)nc4c3n2)cc1. The molecule has 0 amide bonds. The smallest absolute Gasteiger partial charge is 0.162 e. The second kappa shape index (κ2) is 11.4. The minimum Gasteiger partial charge on any atom is -0.255 e. The first kappa shape index (κ1) is 28.2. The Morgan fingerprint density at radius 3 is 1.82 bits per heavy atom. The Morgan fingerprint density at radius 2 is 1.00 bits per heavy atom. The van der Waals surface area contributed by atoms with Crippen LogP contribution in [0.2, 0.25) is 0 Å². The lowest BCUT2D eigenvalue weighted by Gasteiger charge is -2.14. The molecule has 10 aromatic rings. The van der Waals surface area contributed by atoms with Crippen molar-refractivity contribution in [2.75, 3.05) is 0 Å². The fourth-order valence-electron chi connectivity index (χ4n) is 7.04. The van der Waals surface area contributed by atoms with E-state index in [1.807, 2.05) is 48.7 Å². The molecule has 6 aromatic carbocycles. The molecular weight excluding hydrogens is 611 g/mol. The van der Waals surface area contributed by atoms with Crippen LogP contribution in [-0.2, 0) is 0 Å². The minimum atomic E-state index is 0.646. The van der Waals surface area contributed by atoms with Crippen LogP contribution in [0.25, 0.3) is 99.5 Å². The number of hydrogen-bond acceptors (Lipinski definition) is 5. The summed E-state index contributed by atoms with van der Waals surface area (Å²) in [5.74, 6) is 0.646. The van der Waals surface area contributed by atoms with Crippen LogP contribution in [0.3, 0.4) is 0 Å². The van der Waals surface area contributed by atoms with E-state index in [1.54, 1.807) is 0 Å². The summed E-state index contributed by atoms with van der Waals surface area (Å²) in [6, 6.07) is 54.4. The molecule has 232 valence electrons. The van der Waals surface area contributed by atoms with E-state index in [4.69, 9.17) is 24.9 Å². The Hall–Kier alpha value is -6.85. The first-order chi connectivity index (χ1) is 24.8. The molecule has 0 radical (unpaired) electrons. The summed E-state index contributed by atoms with van der Waals surface area (Å²) in [6.45, 7) is 0. The maximum absolute atomic E-state index is 5.32. The fourth-order valence-corrected chi connectivity index (χ4v) is 7.04. The number of hydrogen-bond donors (Lipinski definition) is 0. The lowest BCUT2D eigenvalue weighted by Crippen LogP contribution is -1.97. The molecule has 5 nitrogen and oxygen atoms in total. The minimum absolute atomic E-state index is 0.646. The lowest BCUT2D eigenvalue weighted by atomic mass is 9.95. The van der Waals surface area contributed by atoms with Gasteiger partial charge in [-0.05, 0) is 53.2 Å². The maximum atomic E-state index is 5.32. The van der Waals surface area contributed by atoms with Crippen molar-refractivity contribution in [1.29, 1.82) is 0 Å². The van der Waals surface area contributed by atoms with Crippen molar-refractivity contribution < 1.29 is 0 Å². The van der Waals surface area contributed by atoms with Crippen LogP contribution in [0.5, 0.6) is 0 Å². The van der Waals surface area contributed by atoms with E-state index >= 15 is 0 Å². The number of aromatic nitrogens is 5. The summed E-state index contributed by atoms with van der Waals surface area (Å²) in [5, 5.41) is 6.37. The number of para-hydroxylation sites is 2. The highest BCUT2D eigenvalue weighted by molar-refractivity contribution is 6.07. The third-order valence-electron chi connectivity index (χ3n) is 9.48. The topological polar surface area (TPSA) is 64.5 Å². The van der Waals surface area contributed by atoms with E-state index in [9.17, 15) is 0 Å². The molecule has 0 saturated heterocycles. The summed E-state index contributed by atoms with van der Waals surface area (Å²) in [5.41, 5.74) is 10.2. The standard InChI is InChI=1S/C45H27N5/c1-2-10-28(11-3-1)38-23-21-30-19-20-31-22-24-39(48-43(31)42(30)47-38)33-26-32-12-4-5-15-34(32)37(27-33)44-35-16-6-7-18-40(35)49-45(50-44)36-17-8-13-29-14-9-25-46-41(29)36/h1-27H. The van der Waals surface area contributed by atoms with E-state index in [2.05, 4.69) is 115 Å². The monoisotopic (exact) mass is 637 g/mol. The number of fused-ring (bicyclic) bond motifs is 6. The summed E-state index contributed by atoms with van der Waals surface area (Å²) in [6.07, 6.45) is 1.82. The molecule has 0 spiro atoms. The molecule has 0 bridgehead atoms. The Bertz CT molecular complexity index is 2930. The predicted octanol–water partition coefficient (Wildman–Crippen LogP) is 11.1. The Balaban J connectivity index is 1.21. The molecule has 4 heterocycles. The maximum Gasteiger partial charge on any atom is 0.162 e. The average molecular weight is 638 g/mol. The molecule has 0 aliphatic rings. The normalized spacial score (nSPS) is 11.6. The molecule has 0 N–H and O–H groups in total. The molecule has 10 rings (SSSR count). The molecule has 50 heavy (non-hydrogen) atoms. The summed E-state index contributed by atoms with van der Waals surface area (Å²) >= 11 is 0. The van der Waals surface area contributed by atoms with Crippen molar-refractivity contribution in [1.82, 2.24) is 24.9 Å². The molecule has 0 saturated carbocycles. The number of nitrogens with zero attached hydrogens (tertiary/aromatic N) is 5. The van der Waals surface area contributed by atoms with Crippen LogP contribution < -0.4 is 0 Å². The zero-order valence-corrected chi connectivity index (χ0v) is 26.8. The third kappa shape index (κ3) is 4.67. The van der Waals surface area contributed by atoms with Gasteiger partial charge in [0.25, 0.3) is 0 Å². The largest absolute Gasteiger partial charge is 0.255 e. The van der Waals surface area contributed by atoms with Gasteiger partial charge in [-0.3, -0.25) is 4.98 Å². The Kier molecular flexibility index (Phi) is 6.42. The molecule has 0 unspecified atom stereocenters. The lowest BCUT2D eigenvalue weighted by molar-refractivity contribution is 1.23. The van der Waals surface area contributed by atoms with Crippen molar-refractivity contribution in [3.8, 4) is 45.2 Å². The van der Waals surface area contributed by atoms with Crippen molar-refractivity contribution in [2.24, 2.45) is 0 Å². The highest BCUT2D eigenvalue weighted by Gasteiger charge is 2.18. The Morgan fingerprint density at radius 1 is 0.360 bits per heavy atom. The van der Waals surface area contributed by atoms with Gasteiger partial charge in [0.2, 0.25) is 0 Å². The second-order valence-electron chi connectivity index (χ2n) is 12.5. The Labute approximate surface area is 287 Å². The molecule has 0 fully saturated rings. The van der Waals surface area contributed by atoms with E-state index in [0.29, 0.717) is 5.82 Å². The number of benzene rings is 6. The van der Waals surface area contributed by atoms with Gasteiger partial charge in [0, 0.05) is 50.0 Å². The second-order valence-corrected chi connectivity index (χ2v) is 12.5. The highest BCUT2D eigenvalue weighted by atomic mass is 14.9. The number of pyridine rings is 3. The molecule has 0 aliphatic heterocycles. The zero-order chi connectivity index (χ0) is 33.0. The van der Waals surface area contributed by atoms with Crippen LogP contribution in [0.4, 0.5) is 0 Å². The van der Waals surface area contributed by atoms with E-state index < -0.39 is 0 Å². The van der Waals surface area contributed by atoms with Crippen molar-refractivity contribution in [3.63, 3.8) is 0 Å². The van der Waals surface area contributed by atoms with Gasteiger partial charge in [0.05, 0.1) is 39.1 Å². The highest BCUT2D eigenvalue weighted by Crippen LogP contribution is 2.38. The van der Waals surface area contributed by atoms with Gasteiger partial charge in [-0.25, -0.2) is 19.9 Å². The van der Waals surface area contributed by atoms with E-state index in [0.717, 1.165) is 93.7 Å². The van der Waals surface area contributed by atoms with E-state index in [1.165, 1.54) is 0 Å². The van der Waals surface area contributed by atoms with Crippen LogP contribution in [0.15, 0.2) is 164 Å². The van der Waals surface area contributed by atoms with Gasteiger partial charge in [0.1, 0.15) is 0 Å². The van der Waals surface area contributed by atoms with Crippen molar-refractivity contribution >= 4 is 54.4 Å². The van der Waals surface area contributed by atoms with Gasteiger partial charge in [-0.1, -0.05) is 115 Å². The third-order valence-corrected chi connectivity index (χ3v) is 9.48. The molecule has 0 atom stereocenters. The van der Waals surface area contributed by atoms with Gasteiger partial charge < -0.3 is 0 Å². The number of rotatable bonds is 4. The van der Waals surface area contributed by atoms with Crippen LogP contribution >= 0.6 is 0 Å². The van der Waals surface area contributed by atoms with Crippen molar-refractivity contribution in [3.05, 3.63) is 164 Å². The first-order valence-electron chi connectivity index (χ1n) is 16.7. The van der Waals surface area contributed by atoms with Gasteiger partial charge >= 0.3 is 0 Å². The van der Waals surface area contributed by atoms with Gasteiger partial charge in [-0.15, -0.1) is 0 Å². The van der Waals surface area contributed by atoms with Crippen LogP contribution in [0.1, 0.15) is 0 Å². The van der Waals surface area contributed by atoms with Gasteiger partial charge in [0.15, 0.2) is 5.82 Å². The first-order valence-corrected chi connectivity index (χ1v) is 16.7. The van der Waals surface area contributed by atoms with E-state index in [-0.39, 0.29) is 0 Å². The molecule has 5 heteroatoms. The summed E-state index contributed by atoms with van der Waals surface area (Å²) in [4.78, 5) is 25.5. The average Bonchev–Trinajstić information content (AvgIpc) is 3.19. The molecular formula is C45H27N5. The fraction of sp³-hybridized carbons (Fsp3) is 0. The van der Waals surface area contributed by atoms with Gasteiger partial charge in [-0.2, -0.15) is 0 Å². The molecule has 0 aliphatic carbocycles. The zero-order valence-electron chi connectivity index (χ0n) is 26.8. The molecule has 4 aromatic heterocycles.